The van der Waals surface area contributed by atoms with Crippen LogP contribution in [0.15, 0.2) is 0 Å². The molecule has 29 heavy (non-hydrogen) atoms. The lowest BCUT2D eigenvalue weighted by atomic mass is 10.0. The average molecular weight is 412 g/mol. The van der Waals surface area contributed by atoms with Crippen LogP contribution >= 0.6 is 0 Å². The van der Waals surface area contributed by atoms with Gasteiger partial charge in [0.1, 0.15) is 0 Å². The maximum atomic E-state index is 2.30. The first-order valence-corrected chi connectivity index (χ1v) is 13.9. The Bertz CT molecular complexity index is 225. The van der Waals surface area contributed by atoms with Crippen molar-refractivity contribution >= 4 is 0 Å². The van der Waals surface area contributed by atoms with Gasteiger partial charge in [0.05, 0.1) is 0 Å². The molecule has 0 radical (unpaired) electrons. The molecule has 0 saturated carbocycles. The smallest absolute Gasteiger partial charge is 0.0533 e. The topological polar surface area (TPSA) is 35.0 Å². The van der Waals surface area contributed by atoms with Gasteiger partial charge in [-0.1, -0.05) is 181 Å². The van der Waals surface area contributed by atoms with E-state index < -0.39 is 0 Å². The molecule has 1 heteroatoms. The van der Waals surface area contributed by atoms with Gasteiger partial charge in [0.25, 0.3) is 0 Å². The molecule has 0 unspecified atom stereocenters. The summed E-state index contributed by atoms with van der Waals surface area (Å²) >= 11 is 0. The van der Waals surface area contributed by atoms with Crippen molar-refractivity contribution in [2.24, 2.45) is 0 Å². The summed E-state index contributed by atoms with van der Waals surface area (Å²) in [6, 6.07) is 0. The van der Waals surface area contributed by atoms with Gasteiger partial charge in [0, 0.05) is 0 Å². The van der Waals surface area contributed by atoms with E-state index in [-0.39, 0.29) is 6.15 Å². The molecule has 0 aliphatic heterocycles. The van der Waals surface area contributed by atoms with Crippen molar-refractivity contribution in [2.45, 2.75) is 181 Å². The minimum atomic E-state index is 0. The van der Waals surface area contributed by atoms with E-state index >= 15 is 0 Å². The van der Waals surface area contributed by atoms with Crippen LogP contribution in [0.5, 0.6) is 0 Å². The highest BCUT2D eigenvalue weighted by Crippen LogP contribution is 2.15. The van der Waals surface area contributed by atoms with Crippen LogP contribution in [0, 0.1) is 0 Å². The van der Waals surface area contributed by atoms with E-state index in [0.717, 1.165) is 0 Å². The third-order valence-corrected chi connectivity index (χ3v) is 6.46. The summed E-state index contributed by atoms with van der Waals surface area (Å²) in [5.41, 5.74) is 0. The maximum Gasteiger partial charge on any atom is -0.0533 e. The van der Waals surface area contributed by atoms with Crippen molar-refractivity contribution in [1.82, 2.24) is 6.15 Å². The van der Waals surface area contributed by atoms with E-state index in [9.17, 15) is 0 Å². The molecule has 0 saturated heterocycles. The van der Waals surface area contributed by atoms with Crippen molar-refractivity contribution in [3.05, 3.63) is 0 Å². The molecule has 0 aromatic carbocycles. The van der Waals surface area contributed by atoms with Crippen LogP contribution in [-0.4, -0.2) is 0 Å². The highest BCUT2D eigenvalue weighted by Gasteiger charge is 1.96. The van der Waals surface area contributed by atoms with E-state index in [2.05, 4.69) is 13.8 Å². The molecular formula is C28H61N. The van der Waals surface area contributed by atoms with E-state index in [1.54, 1.807) is 0 Å². The van der Waals surface area contributed by atoms with Crippen molar-refractivity contribution in [2.75, 3.05) is 0 Å². The summed E-state index contributed by atoms with van der Waals surface area (Å²) in [7, 11) is 0. The van der Waals surface area contributed by atoms with Crippen LogP contribution in [0.1, 0.15) is 181 Å². The Morgan fingerprint density at radius 1 is 0.207 bits per heavy atom. The Morgan fingerprint density at radius 2 is 0.310 bits per heavy atom. The summed E-state index contributed by atoms with van der Waals surface area (Å²) in [4.78, 5) is 0. The zero-order valence-corrected chi connectivity index (χ0v) is 21.1. The predicted molar refractivity (Wildman–Crippen MR) is 136 cm³/mol. The molecule has 0 rings (SSSR count). The SMILES string of the molecule is CCCCCCCCCCCCCCCCCCCCCCCCCCCC.N. The molecule has 0 aromatic rings. The molecule has 0 heterocycles. The van der Waals surface area contributed by atoms with Gasteiger partial charge in [-0.15, -0.1) is 0 Å². The largest absolute Gasteiger partial charge is 0.344 e. The molecule has 0 atom stereocenters. The van der Waals surface area contributed by atoms with Crippen molar-refractivity contribution in [1.29, 1.82) is 0 Å². The molecule has 0 aliphatic carbocycles. The monoisotopic (exact) mass is 411 g/mol. The number of rotatable bonds is 25. The summed E-state index contributed by atoms with van der Waals surface area (Å²) in [5, 5.41) is 0. The summed E-state index contributed by atoms with van der Waals surface area (Å²) in [6.07, 6.45) is 38.4. The molecule has 3 N–H and O–H groups in total. The van der Waals surface area contributed by atoms with Crippen molar-refractivity contribution in [3.8, 4) is 0 Å². The predicted octanol–water partition coefficient (Wildman–Crippen LogP) is 11.3. The standard InChI is InChI=1S/C28H58.H3N/c1-3-5-7-9-11-13-15-17-19-21-23-25-27-28-26-24-22-20-18-16-14-12-10-8-6-4-2;/h3-28H2,1-2H3;1H3. The lowest BCUT2D eigenvalue weighted by Crippen LogP contribution is -1.84. The van der Waals surface area contributed by atoms with Crippen LogP contribution in [-0.2, 0) is 0 Å². The van der Waals surface area contributed by atoms with E-state index in [1.807, 2.05) is 0 Å². The van der Waals surface area contributed by atoms with E-state index in [1.165, 1.54) is 167 Å². The summed E-state index contributed by atoms with van der Waals surface area (Å²) in [6.45, 7) is 4.61. The Morgan fingerprint density at radius 3 is 0.414 bits per heavy atom. The second-order valence-corrected chi connectivity index (χ2v) is 9.49. The second-order valence-electron chi connectivity index (χ2n) is 9.49. The fraction of sp³-hybridized carbons (Fsp3) is 1.00. The van der Waals surface area contributed by atoms with Gasteiger partial charge < -0.3 is 6.15 Å². The van der Waals surface area contributed by atoms with Crippen LogP contribution in [0.2, 0.25) is 0 Å². The van der Waals surface area contributed by atoms with Crippen LogP contribution in [0.4, 0.5) is 0 Å². The van der Waals surface area contributed by atoms with Gasteiger partial charge in [-0.3, -0.25) is 0 Å². The van der Waals surface area contributed by atoms with Crippen molar-refractivity contribution < 1.29 is 0 Å². The minimum Gasteiger partial charge on any atom is -0.344 e. The first kappa shape index (κ1) is 31.1. The summed E-state index contributed by atoms with van der Waals surface area (Å²) in [5.74, 6) is 0. The molecule has 0 aliphatic rings. The van der Waals surface area contributed by atoms with E-state index in [4.69, 9.17) is 0 Å². The fourth-order valence-corrected chi connectivity index (χ4v) is 4.39. The Labute approximate surface area is 187 Å². The third-order valence-electron chi connectivity index (χ3n) is 6.46. The average Bonchev–Trinajstić information content (AvgIpc) is 2.71. The van der Waals surface area contributed by atoms with Crippen LogP contribution in [0.3, 0.4) is 0 Å². The lowest BCUT2D eigenvalue weighted by molar-refractivity contribution is 0.516. The second kappa shape index (κ2) is 30.2. The Hall–Kier alpha value is -0.0400. The molecule has 0 spiro atoms. The highest BCUT2D eigenvalue weighted by molar-refractivity contribution is 4.51. The molecular weight excluding hydrogens is 350 g/mol. The van der Waals surface area contributed by atoms with Gasteiger partial charge in [-0.2, -0.15) is 0 Å². The number of hydrogen-bond donors (Lipinski definition) is 1. The molecule has 1 nitrogen and oxygen atoms in total. The molecule has 0 fully saturated rings. The van der Waals surface area contributed by atoms with Crippen molar-refractivity contribution in [3.63, 3.8) is 0 Å². The normalized spacial score (nSPS) is 11.0. The quantitative estimate of drug-likeness (QED) is 0.149. The lowest BCUT2D eigenvalue weighted by Gasteiger charge is -2.04. The van der Waals surface area contributed by atoms with Crippen LogP contribution < -0.4 is 6.15 Å². The molecule has 0 aromatic heterocycles. The van der Waals surface area contributed by atoms with Gasteiger partial charge in [0.2, 0.25) is 0 Å². The minimum absolute atomic E-state index is 0. The van der Waals surface area contributed by atoms with Crippen LogP contribution in [0.25, 0.3) is 0 Å². The summed E-state index contributed by atoms with van der Waals surface area (Å²) < 4.78 is 0. The van der Waals surface area contributed by atoms with Gasteiger partial charge in [-0.05, 0) is 0 Å². The first-order valence-electron chi connectivity index (χ1n) is 13.9. The van der Waals surface area contributed by atoms with Gasteiger partial charge in [-0.25, -0.2) is 0 Å². The maximum absolute atomic E-state index is 2.30. The fourth-order valence-electron chi connectivity index (χ4n) is 4.39. The first-order chi connectivity index (χ1) is 13.9. The third kappa shape index (κ3) is 30.2. The number of unbranched alkanes of at least 4 members (excludes halogenated alkanes) is 25. The Kier molecular flexibility index (Phi) is 32.4. The molecule has 0 bridgehead atoms. The molecule has 178 valence electrons. The molecule has 0 amide bonds. The zero-order chi connectivity index (χ0) is 20.4. The number of hydrogen-bond acceptors (Lipinski definition) is 1. The van der Waals surface area contributed by atoms with E-state index in [0.29, 0.717) is 0 Å². The highest BCUT2D eigenvalue weighted by atomic mass is 14.0. The van der Waals surface area contributed by atoms with Gasteiger partial charge >= 0.3 is 0 Å². The van der Waals surface area contributed by atoms with Gasteiger partial charge in [0.15, 0.2) is 0 Å². The zero-order valence-electron chi connectivity index (χ0n) is 21.1. The Balaban J connectivity index is 0.